The Labute approximate surface area is 110 Å². The smallest absolute Gasteiger partial charge is 0.249 e. The summed E-state index contributed by atoms with van der Waals surface area (Å²) in [6.45, 7) is 1.00. The van der Waals surface area contributed by atoms with Crippen molar-refractivity contribution in [3.8, 4) is 11.5 Å². The normalized spacial score (nSPS) is 21.8. The molecule has 2 aliphatic heterocycles. The van der Waals surface area contributed by atoms with Gasteiger partial charge in [-0.1, -0.05) is 6.07 Å². The number of amides is 1. The van der Waals surface area contributed by atoms with Crippen LogP contribution in [-0.2, 0) is 16.1 Å². The predicted molar refractivity (Wildman–Crippen MR) is 64.8 cm³/mol. The van der Waals surface area contributed by atoms with Crippen LogP contribution in [0.25, 0.3) is 0 Å². The number of carbonyl (C=O) groups excluding carboxylic acids is 1. The number of nitrogens with zero attached hydrogens (tertiary/aromatic N) is 1. The first-order valence-electron chi connectivity index (χ1n) is 6.14. The second-order valence-electron chi connectivity index (χ2n) is 4.56. The van der Waals surface area contributed by atoms with Crippen LogP contribution in [0.4, 0.5) is 0 Å². The lowest BCUT2D eigenvalue weighted by Crippen LogP contribution is -2.50. The molecule has 1 fully saturated rings. The average Bonchev–Trinajstić information content (AvgIpc) is 2.88. The molecule has 1 atom stereocenters. The molecule has 6 heteroatoms. The first-order valence-corrected chi connectivity index (χ1v) is 6.14. The van der Waals surface area contributed by atoms with E-state index in [0.29, 0.717) is 18.9 Å². The van der Waals surface area contributed by atoms with Gasteiger partial charge in [-0.3, -0.25) is 4.79 Å². The second-order valence-corrected chi connectivity index (χ2v) is 4.56. The third kappa shape index (κ3) is 2.36. The van der Waals surface area contributed by atoms with Gasteiger partial charge in [-0.15, -0.1) is 0 Å². The Morgan fingerprint density at radius 3 is 3.00 bits per heavy atom. The zero-order valence-corrected chi connectivity index (χ0v) is 10.4. The van der Waals surface area contributed by atoms with E-state index in [-0.39, 0.29) is 32.0 Å². The maximum absolute atomic E-state index is 11.8. The van der Waals surface area contributed by atoms with Crippen molar-refractivity contribution in [2.75, 3.05) is 26.6 Å². The van der Waals surface area contributed by atoms with E-state index in [9.17, 15) is 9.90 Å². The first kappa shape index (κ1) is 12.3. The summed E-state index contributed by atoms with van der Waals surface area (Å²) in [7, 11) is 0. The van der Waals surface area contributed by atoms with Crippen molar-refractivity contribution >= 4 is 5.91 Å². The molecule has 6 nitrogen and oxygen atoms in total. The molecule has 2 aliphatic rings. The predicted octanol–water partition coefficient (Wildman–Crippen LogP) is 0.135. The van der Waals surface area contributed by atoms with Crippen molar-refractivity contribution in [1.29, 1.82) is 0 Å². The summed E-state index contributed by atoms with van der Waals surface area (Å²) in [5.41, 5.74) is 0.943. The van der Waals surface area contributed by atoms with Crippen LogP contribution in [0.5, 0.6) is 11.5 Å². The van der Waals surface area contributed by atoms with Gasteiger partial charge in [0.15, 0.2) is 11.5 Å². The summed E-state index contributed by atoms with van der Waals surface area (Å²) in [6.07, 6.45) is 0. The topological polar surface area (TPSA) is 68.2 Å². The molecule has 0 aromatic heterocycles. The van der Waals surface area contributed by atoms with Gasteiger partial charge in [0.2, 0.25) is 12.7 Å². The highest BCUT2D eigenvalue weighted by molar-refractivity contribution is 5.78. The van der Waals surface area contributed by atoms with E-state index in [4.69, 9.17) is 14.2 Å². The number of hydrogen-bond acceptors (Lipinski definition) is 5. The van der Waals surface area contributed by atoms with Crippen molar-refractivity contribution in [2.45, 2.75) is 12.6 Å². The molecule has 19 heavy (non-hydrogen) atoms. The number of fused-ring (bicyclic) bond motifs is 1. The molecular formula is C13H15NO5. The lowest BCUT2D eigenvalue weighted by atomic mass is 10.1. The van der Waals surface area contributed by atoms with Gasteiger partial charge in [-0.05, 0) is 17.7 Å². The van der Waals surface area contributed by atoms with Crippen molar-refractivity contribution in [1.82, 2.24) is 4.90 Å². The van der Waals surface area contributed by atoms with Crippen LogP contribution in [0.15, 0.2) is 18.2 Å². The second kappa shape index (κ2) is 5.07. The Kier molecular flexibility index (Phi) is 3.27. The summed E-state index contributed by atoms with van der Waals surface area (Å²) in [5.74, 6) is 1.30. The number of benzene rings is 1. The van der Waals surface area contributed by atoms with Crippen LogP contribution < -0.4 is 9.47 Å². The molecule has 1 aromatic rings. The highest BCUT2D eigenvalue weighted by Crippen LogP contribution is 2.33. The molecule has 1 amide bonds. The molecule has 1 aromatic carbocycles. The monoisotopic (exact) mass is 265 g/mol. The maximum atomic E-state index is 11.8. The van der Waals surface area contributed by atoms with Gasteiger partial charge in [-0.25, -0.2) is 0 Å². The quantitative estimate of drug-likeness (QED) is 0.841. The fraction of sp³-hybridized carbons (Fsp3) is 0.462. The first-order chi connectivity index (χ1) is 9.28. The van der Waals surface area contributed by atoms with Crippen LogP contribution in [-0.4, -0.2) is 48.6 Å². The molecule has 2 heterocycles. The van der Waals surface area contributed by atoms with E-state index in [1.807, 2.05) is 18.2 Å². The number of aliphatic hydroxyl groups excluding tert-OH is 1. The minimum Gasteiger partial charge on any atom is -0.454 e. The van der Waals surface area contributed by atoms with Gasteiger partial charge in [0.25, 0.3) is 0 Å². The van der Waals surface area contributed by atoms with Gasteiger partial charge >= 0.3 is 0 Å². The summed E-state index contributed by atoms with van der Waals surface area (Å²) >= 11 is 0. The summed E-state index contributed by atoms with van der Waals surface area (Å²) in [5, 5.41) is 9.29. The SMILES string of the molecule is O=C1COCC(CO)N1Cc1ccc2c(c1)OCO2. The average molecular weight is 265 g/mol. The van der Waals surface area contributed by atoms with Crippen molar-refractivity contribution in [2.24, 2.45) is 0 Å². The Morgan fingerprint density at radius 1 is 1.32 bits per heavy atom. The minimum atomic E-state index is -0.285. The number of aliphatic hydroxyl groups is 1. The van der Waals surface area contributed by atoms with Gasteiger partial charge in [0.1, 0.15) is 6.61 Å². The summed E-state index contributed by atoms with van der Waals surface area (Å²) in [6, 6.07) is 5.30. The molecule has 1 saturated heterocycles. The summed E-state index contributed by atoms with van der Waals surface area (Å²) in [4.78, 5) is 13.5. The largest absolute Gasteiger partial charge is 0.454 e. The van der Waals surface area contributed by atoms with Gasteiger partial charge in [0, 0.05) is 6.54 Å². The van der Waals surface area contributed by atoms with E-state index in [1.165, 1.54) is 0 Å². The molecule has 0 saturated carbocycles. The third-order valence-electron chi connectivity index (χ3n) is 3.30. The van der Waals surface area contributed by atoms with Gasteiger partial charge in [0.05, 0.1) is 19.3 Å². The van der Waals surface area contributed by atoms with Crippen LogP contribution in [0.3, 0.4) is 0 Å². The molecule has 0 spiro atoms. The van der Waals surface area contributed by atoms with Crippen LogP contribution in [0.2, 0.25) is 0 Å². The molecule has 0 aliphatic carbocycles. The Morgan fingerprint density at radius 2 is 2.16 bits per heavy atom. The van der Waals surface area contributed by atoms with Crippen molar-refractivity contribution < 1.29 is 24.1 Å². The molecule has 102 valence electrons. The van der Waals surface area contributed by atoms with Gasteiger partial charge in [-0.2, -0.15) is 0 Å². The highest BCUT2D eigenvalue weighted by Gasteiger charge is 2.28. The lowest BCUT2D eigenvalue weighted by Gasteiger charge is -2.34. The zero-order valence-electron chi connectivity index (χ0n) is 10.4. The van der Waals surface area contributed by atoms with E-state index in [1.54, 1.807) is 4.90 Å². The number of hydrogen-bond donors (Lipinski definition) is 1. The van der Waals surface area contributed by atoms with E-state index in [0.717, 1.165) is 11.3 Å². The molecule has 1 unspecified atom stereocenters. The fourth-order valence-electron chi connectivity index (χ4n) is 2.26. The lowest BCUT2D eigenvalue weighted by molar-refractivity contribution is -0.151. The van der Waals surface area contributed by atoms with E-state index < -0.39 is 0 Å². The number of ether oxygens (including phenoxy) is 3. The zero-order chi connectivity index (χ0) is 13.2. The highest BCUT2D eigenvalue weighted by atomic mass is 16.7. The van der Waals surface area contributed by atoms with Crippen LogP contribution in [0, 0.1) is 0 Å². The maximum Gasteiger partial charge on any atom is 0.249 e. The van der Waals surface area contributed by atoms with E-state index >= 15 is 0 Å². The Bertz CT molecular complexity index is 490. The van der Waals surface area contributed by atoms with Crippen LogP contribution in [0.1, 0.15) is 5.56 Å². The van der Waals surface area contributed by atoms with Crippen molar-refractivity contribution in [3.05, 3.63) is 23.8 Å². The molecule has 1 N–H and O–H groups in total. The number of morpholine rings is 1. The number of rotatable bonds is 3. The van der Waals surface area contributed by atoms with E-state index in [2.05, 4.69) is 0 Å². The van der Waals surface area contributed by atoms with Gasteiger partial charge < -0.3 is 24.2 Å². The Hall–Kier alpha value is -1.79. The number of carbonyl (C=O) groups is 1. The minimum absolute atomic E-state index is 0.0705. The molecule has 0 radical (unpaired) electrons. The molecule has 3 rings (SSSR count). The van der Waals surface area contributed by atoms with Crippen LogP contribution >= 0.6 is 0 Å². The molecular weight excluding hydrogens is 250 g/mol. The standard InChI is InChI=1S/C13H15NO5/c15-5-10-6-17-7-13(16)14(10)4-9-1-2-11-12(3-9)19-8-18-11/h1-3,10,15H,4-8H2. The summed E-state index contributed by atoms with van der Waals surface area (Å²) < 4.78 is 15.7. The Balaban J connectivity index is 1.77. The third-order valence-corrected chi connectivity index (χ3v) is 3.30. The fourth-order valence-corrected chi connectivity index (χ4v) is 2.26. The molecule has 0 bridgehead atoms. The van der Waals surface area contributed by atoms with Crippen molar-refractivity contribution in [3.63, 3.8) is 0 Å².